The Bertz CT molecular complexity index is 590. The third kappa shape index (κ3) is 3.78. The summed E-state index contributed by atoms with van der Waals surface area (Å²) in [6.07, 6.45) is 1.24. The van der Waals surface area contributed by atoms with Crippen molar-refractivity contribution in [1.82, 2.24) is 9.80 Å². The van der Waals surface area contributed by atoms with Crippen molar-refractivity contribution in [2.75, 3.05) is 26.2 Å². The van der Waals surface area contributed by atoms with Crippen LogP contribution < -0.4 is 0 Å². The van der Waals surface area contributed by atoms with Gasteiger partial charge in [0.15, 0.2) is 0 Å². The zero-order valence-corrected chi connectivity index (χ0v) is 14.5. The SMILES string of the molecule is CC1CN(C(=O)C2CC(=O)N(CCc3ccccc3)C2)C(C)CO1. The number of hydrogen-bond acceptors (Lipinski definition) is 3. The Morgan fingerprint density at radius 3 is 2.71 bits per heavy atom. The molecule has 0 saturated carbocycles. The van der Waals surface area contributed by atoms with Gasteiger partial charge in [0.2, 0.25) is 11.8 Å². The highest BCUT2D eigenvalue weighted by molar-refractivity contribution is 5.89. The van der Waals surface area contributed by atoms with Gasteiger partial charge in [-0.1, -0.05) is 30.3 Å². The largest absolute Gasteiger partial charge is 0.375 e. The molecular weight excluding hydrogens is 304 g/mol. The van der Waals surface area contributed by atoms with Crippen LogP contribution in [0.4, 0.5) is 0 Å². The Hall–Kier alpha value is -1.88. The van der Waals surface area contributed by atoms with Gasteiger partial charge < -0.3 is 14.5 Å². The number of nitrogens with zero attached hydrogens (tertiary/aromatic N) is 2. The molecule has 0 aliphatic carbocycles. The molecule has 5 nitrogen and oxygen atoms in total. The molecule has 5 heteroatoms. The average molecular weight is 330 g/mol. The summed E-state index contributed by atoms with van der Waals surface area (Å²) in [5.41, 5.74) is 1.22. The second-order valence-corrected chi connectivity index (χ2v) is 6.96. The fraction of sp³-hybridized carbons (Fsp3) is 0.579. The predicted molar refractivity (Wildman–Crippen MR) is 91.4 cm³/mol. The van der Waals surface area contributed by atoms with E-state index in [1.165, 1.54) is 5.56 Å². The van der Waals surface area contributed by atoms with Crippen LogP contribution in [0.15, 0.2) is 30.3 Å². The molecule has 3 unspecified atom stereocenters. The summed E-state index contributed by atoms with van der Waals surface area (Å²) in [6.45, 7) is 6.41. The van der Waals surface area contributed by atoms with Gasteiger partial charge in [-0.25, -0.2) is 0 Å². The van der Waals surface area contributed by atoms with Crippen molar-refractivity contribution >= 4 is 11.8 Å². The zero-order valence-electron chi connectivity index (χ0n) is 14.5. The molecule has 0 bridgehead atoms. The number of benzene rings is 1. The van der Waals surface area contributed by atoms with E-state index in [9.17, 15) is 9.59 Å². The number of ether oxygens (including phenoxy) is 1. The number of morpholine rings is 1. The molecule has 2 heterocycles. The quantitative estimate of drug-likeness (QED) is 0.844. The maximum absolute atomic E-state index is 12.8. The fourth-order valence-corrected chi connectivity index (χ4v) is 3.51. The van der Waals surface area contributed by atoms with Gasteiger partial charge in [-0.3, -0.25) is 9.59 Å². The summed E-state index contributed by atoms with van der Waals surface area (Å²) in [5.74, 6) is -0.00697. The number of amides is 2. The van der Waals surface area contributed by atoms with Crippen molar-refractivity contribution in [3.63, 3.8) is 0 Å². The van der Waals surface area contributed by atoms with E-state index in [4.69, 9.17) is 4.74 Å². The van der Waals surface area contributed by atoms with Crippen molar-refractivity contribution in [1.29, 1.82) is 0 Å². The molecule has 3 rings (SSSR count). The molecule has 1 aromatic carbocycles. The molecule has 2 saturated heterocycles. The van der Waals surface area contributed by atoms with Gasteiger partial charge in [0.05, 0.1) is 24.7 Å². The van der Waals surface area contributed by atoms with Gasteiger partial charge >= 0.3 is 0 Å². The van der Waals surface area contributed by atoms with E-state index in [1.807, 2.05) is 41.8 Å². The summed E-state index contributed by atoms with van der Waals surface area (Å²) in [6, 6.07) is 10.2. The lowest BCUT2D eigenvalue weighted by Crippen LogP contribution is -2.52. The van der Waals surface area contributed by atoms with Gasteiger partial charge in [-0.15, -0.1) is 0 Å². The normalized spacial score (nSPS) is 27.6. The molecule has 3 atom stereocenters. The highest BCUT2D eigenvalue weighted by atomic mass is 16.5. The van der Waals surface area contributed by atoms with Crippen LogP contribution in [0.2, 0.25) is 0 Å². The lowest BCUT2D eigenvalue weighted by molar-refractivity contribution is -0.147. The van der Waals surface area contributed by atoms with E-state index < -0.39 is 0 Å². The molecular formula is C19H26N2O3. The molecule has 0 aromatic heterocycles. The van der Waals surface area contributed by atoms with E-state index in [0.29, 0.717) is 32.7 Å². The molecule has 2 fully saturated rings. The fourth-order valence-electron chi connectivity index (χ4n) is 3.51. The van der Waals surface area contributed by atoms with Crippen LogP contribution in [0.25, 0.3) is 0 Å². The topological polar surface area (TPSA) is 49.9 Å². The molecule has 24 heavy (non-hydrogen) atoms. The Morgan fingerprint density at radius 1 is 1.21 bits per heavy atom. The summed E-state index contributed by atoms with van der Waals surface area (Å²) in [5, 5.41) is 0. The van der Waals surface area contributed by atoms with E-state index in [0.717, 1.165) is 6.42 Å². The van der Waals surface area contributed by atoms with Crippen LogP contribution in [0.5, 0.6) is 0 Å². The maximum Gasteiger partial charge on any atom is 0.228 e. The maximum atomic E-state index is 12.8. The standard InChI is InChI=1S/C19H26N2O3/c1-14-13-24-15(2)11-21(14)19(23)17-10-18(22)20(12-17)9-8-16-6-4-3-5-7-16/h3-7,14-15,17H,8-13H2,1-2H3. The monoisotopic (exact) mass is 330 g/mol. The first-order valence-corrected chi connectivity index (χ1v) is 8.78. The van der Waals surface area contributed by atoms with Crippen LogP contribution in [-0.2, 0) is 20.7 Å². The number of carbonyl (C=O) groups excluding carboxylic acids is 2. The second-order valence-electron chi connectivity index (χ2n) is 6.96. The first-order chi connectivity index (χ1) is 11.5. The molecule has 2 aliphatic rings. The highest BCUT2D eigenvalue weighted by Crippen LogP contribution is 2.23. The first-order valence-electron chi connectivity index (χ1n) is 8.78. The van der Waals surface area contributed by atoms with Crippen molar-refractivity contribution in [2.45, 2.75) is 38.8 Å². The number of carbonyl (C=O) groups is 2. The van der Waals surface area contributed by atoms with Crippen molar-refractivity contribution < 1.29 is 14.3 Å². The summed E-state index contributed by atoms with van der Waals surface area (Å²) in [7, 11) is 0. The van der Waals surface area contributed by atoms with E-state index >= 15 is 0 Å². The van der Waals surface area contributed by atoms with Crippen molar-refractivity contribution in [2.24, 2.45) is 5.92 Å². The smallest absolute Gasteiger partial charge is 0.228 e. The van der Waals surface area contributed by atoms with Crippen LogP contribution in [0.3, 0.4) is 0 Å². The summed E-state index contributed by atoms with van der Waals surface area (Å²) < 4.78 is 5.59. The zero-order chi connectivity index (χ0) is 17.1. The van der Waals surface area contributed by atoms with E-state index in [1.54, 1.807) is 0 Å². The lowest BCUT2D eigenvalue weighted by Gasteiger charge is -2.38. The van der Waals surface area contributed by atoms with Gasteiger partial charge in [0.25, 0.3) is 0 Å². The summed E-state index contributed by atoms with van der Waals surface area (Å²) in [4.78, 5) is 28.8. The molecule has 1 aromatic rings. The Kier molecular flexibility index (Phi) is 5.19. The predicted octanol–water partition coefficient (Wildman–Crippen LogP) is 1.71. The molecule has 0 N–H and O–H groups in total. The van der Waals surface area contributed by atoms with Crippen molar-refractivity contribution in [3.8, 4) is 0 Å². The molecule has 0 spiro atoms. The van der Waals surface area contributed by atoms with Crippen LogP contribution >= 0.6 is 0 Å². The third-order valence-corrected chi connectivity index (χ3v) is 4.97. The number of hydrogen-bond donors (Lipinski definition) is 0. The van der Waals surface area contributed by atoms with E-state index in [-0.39, 0.29) is 29.9 Å². The summed E-state index contributed by atoms with van der Waals surface area (Å²) >= 11 is 0. The average Bonchev–Trinajstić information content (AvgIpc) is 2.96. The van der Waals surface area contributed by atoms with E-state index in [2.05, 4.69) is 12.1 Å². The van der Waals surface area contributed by atoms with Crippen molar-refractivity contribution in [3.05, 3.63) is 35.9 Å². The number of likely N-dealkylation sites (tertiary alicyclic amines) is 1. The van der Waals surface area contributed by atoms with Gasteiger partial charge in [0.1, 0.15) is 0 Å². The van der Waals surface area contributed by atoms with Gasteiger partial charge in [0, 0.05) is 26.1 Å². The first kappa shape index (κ1) is 17.0. The second kappa shape index (κ2) is 7.34. The third-order valence-electron chi connectivity index (χ3n) is 4.97. The lowest BCUT2D eigenvalue weighted by atomic mass is 10.0. The molecule has 2 amide bonds. The minimum Gasteiger partial charge on any atom is -0.375 e. The molecule has 0 radical (unpaired) electrons. The van der Waals surface area contributed by atoms with Gasteiger partial charge in [-0.2, -0.15) is 0 Å². The Balaban J connectivity index is 1.56. The minimum absolute atomic E-state index is 0.0661. The molecule has 2 aliphatic heterocycles. The van der Waals surface area contributed by atoms with Crippen LogP contribution in [-0.4, -0.2) is 60.0 Å². The Morgan fingerprint density at radius 2 is 1.96 bits per heavy atom. The van der Waals surface area contributed by atoms with Crippen LogP contribution in [0, 0.1) is 5.92 Å². The Labute approximate surface area is 143 Å². The van der Waals surface area contributed by atoms with Crippen LogP contribution in [0.1, 0.15) is 25.8 Å². The highest BCUT2D eigenvalue weighted by Gasteiger charge is 2.38. The van der Waals surface area contributed by atoms with Gasteiger partial charge in [-0.05, 0) is 25.8 Å². The number of rotatable bonds is 4. The molecule has 130 valence electrons. The minimum atomic E-state index is -0.207.